The molecule has 3 aromatic heterocycles. The number of benzene rings is 1. The van der Waals surface area contributed by atoms with Gasteiger partial charge in [-0.2, -0.15) is 0 Å². The molecule has 9 heteroatoms. The molecule has 0 amide bonds. The highest BCUT2D eigenvalue weighted by Gasteiger charge is 2.35. The maximum atomic E-state index is 13.6. The smallest absolute Gasteiger partial charge is 0.253 e. The van der Waals surface area contributed by atoms with Crippen LogP contribution in [0.25, 0.3) is 10.9 Å². The number of aromatic nitrogens is 5. The molecule has 8 nitrogen and oxygen atoms in total. The first kappa shape index (κ1) is 23.8. The number of aryl methyl sites for hydroxylation is 1. The predicted molar refractivity (Wildman–Crippen MR) is 138 cm³/mol. The Balaban J connectivity index is 1.70. The van der Waals surface area contributed by atoms with Crippen LogP contribution in [0.3, 0.4) is 0 Å². The fourth-order valence-corrected chi connectivity index (χ4v) is 5.59. The number of hydrogen-bond acceptors (Lipinski definition) is 7. The van der Waals surface area contributed by atoms with Gasteiger partial charge in [0, 0.05) is 30.1 Å². The number of hydrogen-bond donors (Lipinski definition) is 1. The molecule has 0 radical (unpaired) electrons. The van der Waals surface area contributed by atoms with Crippen molar-refractivity contribution in [2.75, 3.05) is 13.2 Å². The van der Waals surface area contributed by atoms with Gasteiger partial charge < -0.3 is 9.72 Å². The summed E-state index contributed by atoms with van der Waals surface area (Å²) >= 11 is 1.71. The number of H-pyrrole nitrogens is 1. The van der Waals surface area contributed by atoms with Crippen molar-refractivity contribution in [1.82, 2.24) is 30.1 Å². The summed E-state index contributed by atoms with van der Waals surface area (Å²) in [6.45, 7) is 10.4. The number of nitrogens with zero attached hydrogens (tertiary/aromatic N) is 5. The summed E-state index contributed by atoms with van der Waals surface area (Å²) in [4.78, 5) is 20.3. The minimum absolute atomic E-state index is 0.109. The molecule has 2 atom stereocenters. The topological polar surface area (TPSA) is 88.9 Å². The molecule has 35 heavy (non-hydrogen) atoms. The molecule has 1 aliphatic rings. The zero-order valence-electron chi connectivity index (χ0n) is 20.7. The molecule has 1 fully saturated rings. The van der Waals surface area contributed by atoms with Crippen LogP contribution in [0.4, 0.5) is 0 Å². The van der Waals surface area contributed by atoms with Crippen molar-refractivity contribution in [1.29, 1.82) is 0 Å². The highest BCUT2D eigenvalue weighted by Crippen LogP contribution is 2.32. The molecule has 0 spiro atoms. The highest BCUT2D eigenvalue weighted by atomic mass is 32.1. The first-order chi connectivity index (χ1) is 16.8. The number of ether oxygens (including phenoxy) is 1. The largest absolute Gasteiger partial charge is 0.377 e. The summed E-state index contributed by atoms with van der Waals surface area (Å²) in [6, 6.07) is 11.8. The third-order valence-electron chi connectivity index (χ3n) is 6.55. The average Bonchev–Trinajstić information content (AvgIpc) is 3.58. The standard InChI is InChI=1S/C26H32N6O2S/c1-17-8-5-9-18-14-21(25(33)27-22(17)18)23(24-28-29-30-32(24)26(2,3)4)31(15-19-10-6-12-34-19)16-20-11-7-13-35-20/h5,7-9,11,13-14,19,23H,6,10,12,15-16H2,1-4H3,(H,27,33)/t19-,23+/m0/s1. The van der Waals surface area contributed by atoms with Gasteiger partial charge in [0.05, 0.1) is 17.2 Å². The Morgan fingerprint density at radius 2 is 2.14 bits per heavy atom. The minimum Gasteiger partial charge on any atom is -0.377 e. The van der Waals surface area contributed by atoms with E-state index in [1.54, 1.807) is 11.3 Å². The molecule has 5 rings (SSSR count). The monoisotopic (exact) mass is 492 g/mol. The molecule has 1 saturated heterocycles. The molecule has 0 unspecified atom stereocenters. The van der Waals surface area contributed by atoms with Crippen LogP contribution in [0.15, 0.2) is 46.6 Å². The summed E-state index contributed by atoms with van der Waals surface area (Å²) in [5, 5.41) is 16.0. The zero-order valence-corrected chi connectivity index (χ0v) is 21.5. The average molecular weight is 493 g/mol. The Hall–Kier alpha value is -2.88. The van der Waals surface area contributed by atoms with E-state index in [1.165, 1.54) is 4.88 Å². The Labute approximate surface area is 208 Å². The van der Waals surface area contributed by atoms with Crippen LogP contribution in [0.2, 0.25) is 0 Å². The fourth-order valence-electron chi connectivity index (χ4n) is 4.86. The van der Waals surface area contributed by atoms with E-state index >= 15 is 0 Å². The van der Waals surface area contributed by atoms with Gasteiger partial charge in [-0.3, -0.25) is 9.69 Å². The molecule has 0 saturated carbocycles. The quantitative estimate of drug-likeness (QED) is 0.411. The lowest BCUT2D eigenvalue weighted by Gasteiger charge is -2.34. The molecular weight excluding hydrogens is 460 g/mol. The van der Waals surface area contributed by atoms with Crippen LogP contribution in [-0.4, -0.2) is 49.3 Å². The lowest BCUT2D eigenvalue weighted by Crippen LogP contribution is -2.40. The number of pyridine rings is 1. The van der Waals surface area contributed by atoms with E-state index in [1.807, 2.05) is 35.9 Å². The maximum absolute atomic E-state index is 13.6. The third kappa shape index (κ3) is 4.94. The number of fused-ring (bicyclic) bond motifs is 1. The predicted octanol–water partition coefficient (Wildman–Crippen LogP) is 4.41. The number of aromatic amines is 1. The SMILES string of the molecule is Cc1cccc2cc([C@H](c3nnnn3C(C)(C)C)N(Cc3cccs3)C[C@@H]3CCCO3)c(=O)[nH]c12. The Kier molecular flexibility index (Phi) is 6.57. The van der Waals surface area contributed by atoms with Gasteiger partial charge in [-0.25, -0.2) is 4.68 Å². The van der Waals surface area contributed by atoms with Gasteiger partial charge in [-0.15, -0.1) is 16.4 Å². The molecule has 1 N–H and O–H groups in total. The molecule has 184 valence electrons. The molecule has 1 aliphatic heterocycles. The second kappa shape index (κ2) is 9.64. The number of rotatable bonds is 7. The van der Waals surface area contributed by atoms with Crippen molar-refractivity contribution >= 4 is 22.2 Å². The molecule has 4 aromatic rings. The summed E-state index contributed by atoms with van der Waals surface area (Å²) in [7, 11) is 0. The van der Waals surface area contributed by atoms with Crippen molar-refractivity contribution in [2.24, 2.45) is 0 Å². The molecule has 4 heterocycles. The number of para-hydroxylation sites is 1. The lowest BCUT2D eigenvalue weighted by molar-refractivity contribution is 0.0569. The van der Waals surface area contributed by atoms with Gasteiger partial charge in [-0.05, 0) is 79.4 Å². The molecule has 0 aliphatic carbocycles. The van der Waals surface area contributed by atoms with E-state index in [2.05, 4.69) is 63.7 Å². The van der Waals surface area contributed by atoms with Gasteiger partial charge >= 0.3 is 0 Å². The number of thiophene rings is 1. The van der Waals surface area contributed by atoms with Crippen LogP contribution < -0.4 is 5.56 Å². The summed E-state index contributed by atoms with van der Waals surface area (Å²) in [6.07, 6.45) is 2.17. The van der Waals surface area contributed by atoms with E-state index in [0.717, 1.165) is 35.9 Å². The second-order valence-electron chi connectivity index (χ2n) is 10.3. The normalized spacial score (nSPS) is 17.5. The van der Waals surface area contributed by atoms with Crippen LogP contribution in [0.5, 0.6) is 0 Å². The maximum Gasteiger partial charge on any atom is 0.253 e. The van der Waals surface area contributed by atoms with E-state index in [0.29, 0.717) is 24.5 Å². The zero-order chi connectivity index (χ0) is 24.6. The van der Waals surface area contributed by atoms with E-state index in [4.69, 9.17) is 4.74 Å². The second-order valence-corrected chi connectivity index (χ2v) is 11.3. The molecule has 0 bridgehead atoms. The number of tetrazole rings is 1. The fraction of sp³-hybridized carbons (Fsp3) is 0.462. The van der Waals surface area contributed by atoms with Crippen LogP contribution in [0.1, 0.15) is 61.5 Å². The molecular formula is C26H32N6O2S. The molecule has 1 aromatic carbocycles. The van der Waals surface area contributed by atoms with Gasteiger partial charge in [0.15, 0.2) is 5.82 Å². The minimum atomic E-state index is -0.441. The van der Waals surface area contributed by atoms with Crippen molar-refractivity contribution in [3.05, 3.63) is 74.0 Å². The van der Waals surface area contributed by atoms with Crippen LogP contribution >= 0.6 is 11.3 Å². The van der Waals surface area contributed by atoms with Crippen LogP contribution in [0, 0.1) is 6.92 Å². The summed E-state index contributed by atoms with van der Waals surface area (Å²) < 4.78 is 7.88. The van der Waals surface area contributed by atoms with E-state index < -0.39 is 6.04 Å². The number of nitrogens with one attached hydrogen (secondary N) is 1. The van der Waals surface area contributed by atoms with Crippen molar-refractivity contribution in [2.45, 2.75) is 64.8 Å². The Morgan fingerprint density at radius 3 is 2.86 bits per heavy atom. The van der Waals surface area contributed by atoms with Gasteiger partial charge in [0.25, 0.3) is 5.56 Å². The summed E-state index contributed by atoms with van der Waals surface area (Å²) in [5.74, 6) is 0.657. The van der Waals surface area contributed by atoms with Gasteiger partial charge in [-0.1, -0.05) is 24.3 Å². The van der Waals surface area contributed by atoms with Crippen molar-refractivity contribution in [3.63, 3.8) is 0 Å². The highest BCUT2D eigenvalue weighted by molar-refractivity contribution is 7.09. The lowest BCUT2D eigenvalue weighted by atomic mass is 10.00. The van der Waals surface area contributed by atoms with Gasteiger partial charge in [0.1, 0.15) is 6.04 Å². The first-order valence-corrected chi connectivity index (χ1v) is 13.0. The van der Waals surface area contributed by atoms with Crippen molar-refractivity contribution in [3.8, 4) is 0 Å². The Morgan fingerprint density at radius 1 is 1.29 bits per heavy atom. The summed E-state index contributed by atoms with van der Waals surface area (Å²) in [5.41, 5.74) is 2.06. The van der Waals surface area contributed by atoms with E-state index in [-0.39, 0.29) is 17.2 Å². The first-order valence-electron chi connectivity index (χ1n) is 12.1. The Bertz CT molecular complexity index is 1350. The van der Waals surface area contributed by atoms with Crippen molar-refractivity contribution < 1.29 is 4.74 Å². The van der Waals surface area contributed by atoms with Crippen LogP contribution in [-0.2, 0) is 16.8 Å². The third-order valence-corrected chi connectivity index (χ3v) is 7.41. The van der Waals surface area contributed by atoms with Gasteiger partial charge in [0.2, 0.25) is 0 Å². The van der Waals surface area contributed by atoms with E-state index in [9.17, 15) is 4.79 Å².